The minimum atomic E-state index is -0.922. The van der Waals surface area contributed by atoms with Crippen LogP contribution in [0.4, 0.5) is 15.9 Å². The van der Waals surface area contributed by atoms with E-state index < -0.39 is 11.1 Å². The molecule has 0 saturated heterocycles. The first-order valence-corrected chi connectivity index (χ1v) is 11.0. The van der Waals surface area contributed by atoms with Gasteiger partial charge in [0, 0.05) is 24.3 Å². The average molecular weight is 448 g/mol. The summed E-state index contributed by atoms with van der Waals surface area (Å²) in [5.74, 6) is 1.19. The standard InChI is InChI=1S/C26H30FN5O/c1-17-7-13-20(14-8-17)29-22-21(18-9-11-19(27)12-10-18)30-23-26(4,5)32(16-15-31(22)23)24(33)25(2,3)28-6/h7-14,29H,6,15-16H2,1-5H3. The quantitative estimate of drug-likeness (QED) is 0.540. The maximum Gasteiger partial charge on any atom is 0.250 e. The van der Waals surface area contributed by atoms with Crippen LogP contribution in [0.2, 0.25) is 0 Å². The van der Waals surface area contributed by atoms with Crippen molar-refractivity contribution in [2.24, 2.45) is 4.99 Å². The van der Waals surface area contributed by atoms with Gasteiger partial charge in [0.15, 0.2) is 0 Å². The maximum atomic E-state index is 13.6. The van der Waals surface area contributed by atoms with Gasteiger partial charge in [-0.3, -0.25) is 9.79 Å². The summed E-state index contributed by atoms with van der Waals surface area (Å²) in [4.78, 5) is 24.2. The van der Waals surface area contributed by atoms with Crippen LogP contribution in [0.3, 0.4) is 0 Å². The number of rotatable bonds is 5. The molecule has 33 heavy (non-hydrogen) atoms. The number of carbonyl (C=O) groups is 1. The second-order valence-electron chi connectivity index (χ2n) is 9.52. The number of halogens is 1. The third kappa shape index (κ3) is 4.03. The summed E-state index contributed by atoms with van der Waals surface area (Å²) in [6.45, 7) is 14.3. The van der Waals surface area contributed by atoms with E-state index in [9.17, 15) is 9.18 Å². The molecular formula is C26H30FN5O. The fraction of sp³-hybridized carbons (Fsp3) is 0.346. The average Bonchev–Trinajstić information content (AvgIpc) is 3.15. The van der Waals surface area contributed by atoms with E-state index in [-0.39, 0.29) is 11.7 Å². The van der Waals surface area contributed by atoms with Gasteiger partial charge >= 0.3 is 0 Å². The van der Waals surface area contributed by atoms with E-state index in [0.29, 0.717) is 18.8 Å². The fourth-order valence-corrected chi connectivity index (χ4v) is 4.20. The minimum Gasteiger partial charge on any atom is -0.340 e. The van der Waals surface area contributed by atoms with E-state index in [1.54, 1.807) is 26.0 Å². The number of aromatic nitrogens is 2. The molecule has 1 N–H and O–H groups in total. The molecule has 1 amide bonds. The summed E-state index contributed by atoms with van der Waals surface area (Å²) >= 11 is 0. The van der Waals surface area contributed by atoms with Crippen molar-refractivity contribution in [1.29, 1.82) is 0 Å². The molecule has 1 aromatic heterocycles. The van der Waals surface area contributed by atoms with Crippen LogP contribution in [0.25, 0.3) is 11.3 Å². The van der Waals surface area contributed by atoms with E-state index in [1.807, 2.05) is 49.9 Å². The van der Waals surface area contributed by atoms with Gasteiger partial charge in [-0.25, -0.2) is 9.37 Å². The molecule has 1 aliphatic rings. The molecule has 3 aromatic rings. The second-order valence-corrected chi connectivity index (χ2v) is 9.52. The van der Waals surface area contributed by atoms with Crippen LogP contribution in [0.5, 0.6) is 0 Å². The number of benzene rings is 2. The SMILES string of the molecule is C=NC(C)(C)C(=O)N1CCn2c(nc(-c3ccc(F)cc3)c2Nc2ccc(C)cc2)C1(C)C. The number of amides is 1. The highest BCUT2D eigenvalue weighted by molar-refractivity contribution is 5.87. The Hall–Kier alpha value is -3.48. The molecule has 2 aromatic carbocycles. The maximum absolute atomic E-state index is 13.6. The predicted molar refractivity (Wildman–Crippen MR) is 130 cm³/mol. The van der Waals surface area contributed by atoms with Crippen LogP contribution in [-0.4, -0.2) is 39.2 Å². The molecular weight excluding hydrogens is 417 g/mol. The third-order valence-corrected chi connectivity index (χ3v) is 6.33. The highest BCUT2D eigenvalue weighted by atomic mass is 19.1. The number of fused-ring (bicyclic) bond motifs is 1. The summed E-state index contributed by atoms with van der Waals surface area (Å²) in [7, 11) is 0. The Balaban J connectivity index is 1.84. The number of nitrogens with zero attached hydrogens (tertiary/aromatic N) is 4. The third-order valence-electron chi connectivity index (χ3n) is 6.33. The summed E-state index contributed by atoms with van der Waals surface area (Å²) in [6.07, 6.45) is 0. The van der Waals surface area contributed by atoms with Crippen molar-refractivity contribution in [3.8, 4) is 11.3 Å². The van der Waals surface area contributed by atoms with Crippen molar-refractivity contribution in [3.63, 3.8) is 0 Å². The van der Waals surface area contributed by atoms with Crippen LogP contribution in [-0.2, 0) is 16.9 Å². The second kappa shape index (κ2) is 8.14. The van der Waals surface area contributed by atoms with Gasteiger partial charge in [0.1, 0.15) is 28.7 Å². The van der Waals surface area contributed by atoms with Crippen molar-refractivity contribution >= 4 is 24.1 Å². The van der Waals surface area contributed by atoms with Crippen molar-refractivity contribution in [2.45, 2.75) is 52.2 Å². The zero-order valence-electron chi connectivity index (χ0n) is 19.8. The van der Waals surface area contributed by atoms with Gasteiger partial charge < -0.3 is 14.8 Å². The lowest BCUT2D eigenvalue weighted by Crippen LogP contribution is -2.56. The molecule has 172 valence electrons. The Morgan fingerprint density at radius 2 is 1.76 bits per heavy atom. The van der Waals surface area contributed by atoms with Crippen LogP contribution < -0.4 is 5.32 Å². The monoisotopic (exact) mass is 447 g/mol. The molecule has 2 heterocycles. The van der Waals surface area contributed by atoms with Gasteiger partial charge in [0.25, 0.3) is 5.91 Å². The van der Waals surface area contributed by atoms with E-state index in [0.717, 1.165) is 22.9 Å². The summed E-state index contributed by atoms with van der Waals surface area (Å²) in [5.41, 5.74) is 2.01. The first kappa shape index (κ1) is 22.7. The number of nitrogens with one attached hydrogen (secondary N) is 1. The number of hydrogen-bond acceptors (Lipinski definition) is 4. The minimum absolute atomic E-state index is 0.0897. The van der Waals surface area contributed by atoms with Gasteiger partial charge in [-0.15, -0.1) is 0 Å². The van der Waals surface area contributed by atoms with Crippen molar-refractivity contribution in [1.82, 2.24) is 14.5 Å². The summed E-state index contributed by atoms with van der Waals surface area (Å²) < 4.78 is 15.7. The predicted octanol–water partition coefficient (Wildman–Crippen LogP) is 5.30. The van der Waals surface area contributed by atoms with Crippen LogP contribution in [0.15, 0.2) is 53.5 Å². The smallest absolute Gasteiger partial charge is 0.250 e. The molecule has 0 radical (unpaired) electrons. The highest BCUT2D eigenvalue weighted by Gasteiger charge is 2.45. The zero-order chi connectivity index (χ0) is 24.0. The lowest BCUT2D eigenvalue weighted by atomic mass is 9.94. The molecule has 0 fully saturated rings. The summed E-state index contributed by atoms with van der Waals surface area (Å²) in [5, 5.41) is 3.52. The molecule has 4 rings (SSSR count). The molecule has 0 bridgehead atoms. The Kier molecular flexibility index (Phi) is 5.60. The van der Waals surface area contributed by atoms with Crippen LogP contribution in [0, 0.1) is 12.7 Å². The van der Waals surface area contributed by atoms with E-state index in [2.05, 4.69) is 21.6 Å². The van der Waals surface area contributed by atoms with Crippen molar-refractivity contribution in [3.05, 3.63) is 65.7 Å². The lowest BCUT2D eigenvalue weighted by molar-refractivity contribution is -0.143. The van der Waals surface area contributed by atoms with E-state index in [1.165, 1.54) is 17.7 Å². The summed E-state index contributed by atoms with van der Waals surface area (Å²) in [6, 6.07) is 14.4. The Morgan fingerprint density at radius 3 is 2.36 bits per heavy atom. The van der Waals surface area contributed by atoms with Crippen molar-refractivity contribution in [2.75, 3.05) is 11.9 Å². The molecule has 0 atom stereocenters. The fourth-order valence-electron chi connectivity index (χ4n) is 4.20. The number of aryl methyl sites for hydroxylation is 1. The van der Waals surface area contributed by atoms with Gasteiger partial charge in [-0.2, -0.15) is 0 Å². The highest BCUT2D eigenvalue weighted by Crippen LogP contribution is 2.40. The number of imidazole rings is 1. The number of hydrogen-bond donors (Lipinski definition) is 1. The first-order valence-electron chi connectivity index (χ1n) is 11.0. The first-order chi connectivity index (χ1) is 15.5. The number of aliphatic imine (C=N–C) groups is 1. The largest absolute Gasteiger partial charge is 0.340 e. The van der Waals surface area contributed by atoms with Crippen molar-refractivity contribution < 1.29 is 9.18 Å². The van der Waals surface area contributed by atoms with Gasteiger partial charge in [0.2, 0.25) is 0 Å². The van der Waals surface area contributed by atoms with Crippen LogP contribution in [0.1, 0.15) is 39.1 Å². The van der Waals surface area contributed by atoms with E-state index >= 15 is 0 Å². The number of carbonyl (C=O) groups excluding carboxylic acids is 1. The molecule has 7 heteroatoms. The molecule has 0 unspecified atom stereocenters. The van der Waals surface area contributed by atoms with E-state index in [4.69, 9.17) is 4.98 Å². The number of anilines is 2. The zero-order valence-corrected chi connectivity index (χ0v) is 19.8. The topological polar surface area (TPSA) is 62.5 Å². The van der Waals surface area contributed by atoms with Gasteiger partial charge in [-0.05, 0) is 77.7 Å². The molecule has 0 saturated carbocycles. The molecule has 6 nitrogen and oxygen atoms in total. The molecule has 1 aliphatic heterocycles. The lowest BCUT2D eigenvalue weighted by Gasteiger charge is -2.44. The normalized spacial score (nSPS) is 15.2. The Labute approximate surface area is 194 Å². The Morgan fingerprint density at radius 1 is 1.12 bits per heavy atom. The molecule has 0 aliphatic carbocycles. The molecule has 0 spiro atoms. The van der Waals surface area contributed by atoms with Gasteiger partial charge in [-0.1, -0.05) is 17.7 Å². The Bertz CT molecular complexity index is 1190. The van der Waals surface area contributed by atoms with Crippen LogP contribution >= 0.6 is 0 Å². The van der Waals surface area contributed by atoms with Gasteiger partial charge in [0.05, 0.1) is 5.54 Å².